The van der Waals surface area contributed by atoms with Gasteiger partial charge in [0.15, 0.2) is 5.58 Å². The van der Waals surface area contributed by atoms with Gasteiger partial charge in [-0.15, -0.1) is 0 Å². The predicted octanol–water partition coefficient (Wildman–Crippen LogP) is -0.467. The first-order valence-electron chi connectivity index (χ1n) is 8.41. The molecule has 3 rings (SSSR count). The van der Waals surface area contributed by atoms with E-state index in [9.17, 15) is 4.79 Å². The number of aliphatic hydroxyl groups excluding tert-OH is 1. The molecular formula is C17H20B3NO4. The average Bonchev–Trinajstić information content (AvgIpc) is 2.86. The smallest absolute Gasteiger partial charge is 0.419 e. The number of oxazole rings is 1. The van der Waals surface area contributed by atoms with Gasteiger partial charge in [-0.1, -0.05) is 18.2 Å². The molecule has 0 aliphatic rings. The van der Waals surface area contributed by atoms with Crippen LogP contribution in [0.25, 0.3) is 22.2 Å². The van der Waals surface area contributed by atoms with Gasteiger partial charge in [0.05, 0.1) is 5.52 Å². The molecule has 8 heteroatoms. The molecule has 0 aliphatic carbocycles. The number of benzene rings is 2. The molecule has 0 aliphatic heterocycles. The molecule has 3 aromatic rings. The first kappa shape index (κ1) is 17.5. The van der Waals surface area contributed by atoms with Crippen molar-refractivity contribution in [3.05, 3.63) is 53.0 Å². The Hall–Kier alpha value is -2.34. The monoisotopic (exact) mass is 335 g/mol. The molecule has 0 atom stereocenters. The summed E-state index contributed by atoms with van der Waals surface area (Å²) in [5.41, 5.74) is 3.32. The lowest BCUT2D eigenvalue weighted by Gasteiger charge is -2.21. The standard InChI is InChI=1S/C17H20B3NO4/c18-17(19,20)25-13-5-2-11(3-6-13)12-4-7-15-14(10-12)21(8-1-9-22)16(23)24-15/h2-7,10,22H,1,8-9,18-20H2. The van der Waals surface area contributed by atoms with Crippen molar-refractivity contribution in [3.8, 4) is 16.9 Å². The molecule has 25 heavy (non-hydrogen) atoms. The third-order valence-electron chi connectivity index (χ3n) is 3.82. The van der Waals surface area contributed by atoms with Gasteiger partial charge in [-0.25, -0.2) is 4.79 Å². The second-order valence-corrected chi connectivity index (χ2v) is 7.02. The van der Waals surface area contributed by atoms with E-state index in [2.05, 4.69) is 0 Å². The Morgan fingerprint density at radius 1 is 1.08 bits per heavy atom. The summed E-state index contributed by atoms with van der Waals surface area (Å²) in [5.74, 6) is 0.426. The number of hydrogen-bond acceptors (Lipinski definition) is 4. The number of aryl methyl sites for hydroxylation is 1. The van der Waals surface area contributed by atoms with Crippen molar-refractivity contribution in [2.45, 2.75) is 18.3 Å². The van der Waals surface area contributed by atoms with Crippen LogP contribution in [0.2, 0.25) is 0 Å². The maximum Gasteiger partial charge on any atom is 0.419 e. The molecule has 0 unspecified atom stereocenters. The molecule has 0 fully saturated rings. The van der Waals surface area contributed by atoms with E-state index in [1.54, 1.807) is 10.6 Å². The molecule has 0 bridgehead atoms. The fourth-order valence-corrected chi connectivity index (χ4v) is 2.75. The van der Waals surface area contributed by atoms with Crippen LogP contribution in [-0.2, 0) is 6.54 Å². The molecule has 0 saturated carbocycles. The van der Waals surface area contributed by atoms with Crippen molar-refractivity contribution >= 4 is 34.6 Å². The van der Waals surface area contributed by atoms with Gasteiger partial charge in [-0.2, -0.15) is 0 Å². The lowest BCUT2D eigenvalue weighted by Crippen LogP contribution is -2.37. The minimum atomic E-state index is -0.394. The van der Waals surface area contributed by atoms with Crippen LogP contribution in [0.4, 0.5) is 0 Å². The minimum Gasteiger partial charge on any atom is -0.514 e. The normalized spacial score (nSPS) is 11.7. The van der Waals surface area contributed by atoms with Crippen molar-refractivity contribution in [3.63, 3.8) is 0 Å². The van der Waals surface area contributed by atoms with Gasteiger partial charge in [0.2, 0.25) is 0 Å². The molecule has 1 N–H and O–H groups in total. The van der Waals surface area contributed by atoms with Crippen LogP contribution in [0.3, 0.4) is 0 Å². The number of aromatic nitrogens is 1. The number of nitrogens with zero attached hydrogens (tertiary/aromatic N) is 1. The summed E-state index contributed by atoms with van der Waals surface area (Å²) in [6, 6.07) is 13.6. The van der Waals surface area contributed by atoms with E-state index in [1.165, 1.54) is 0 Å². The van der Waals surface area contributed by atoms with E-state index in [4.69, 9.17) is 14.3 Å². The van der Waals surface area contributed by atoms with Crippen LogP contribution in [0.15, 0.2) is 51.7 Å². The van der Waals surface area contributed by atoms with Gasteiger partial charge in [-0.3, -0.25) is 4.57 Å². The quantitative estimate of drug-likeness (QED) is 0.619. The maximum absolute atomic E-state index is 12.0. The van der Waals surface area contributed by atoms with Crippen molar-refractivity contribution < 1.29 is 14.3 Å². The molecule has 2 aromatic carbocycles. The van der Waals surface area contributed by atoms with Crippen molar-refractivity contribution in [2.24, 2.45) is 0 Å². The highest BCUT2D eigenvalue weighted by atomic mass is 16.5. The van der Waals surface area contributed by atoms with Crippen LogP contribution in [0.5, 0.6) is 5.75 Å². The molecule has 1 aromatic heterocycles. The van der Waals surface area contributed by atoms with E-state index in [0.29, 0.717) is 18.5 Å². The molecule has 0 saturated heterocycles. The summed E-state index contributed by atoms with van der Waals surface area (Å²) in [7, 11) is 6.04. The number of rotatable bonds is 6. The third-order valence-corrected chi connectivity index (χ3v) is 3.82. The van der Waals surface area contributed by atoms with Gasteiger partial charge in [0.1, 0.15) is 29.3 Å². The number of hydrogen-bond donors (Lipinski definition) is 1. The molecule has 0 spiro atoms. The van der Waals surface area contributed by atoms with Crippen LogP contribution in [0.1, 0.15) is 6.42 Å². The molecule has 5 nitrogen and oxygen atoms in total. The summed E-state index contributed by atoms with van der Waals surface area (Å²) < 4.78 is 12.7. The highest BCUT2D eigenvalue weighted by Crippen LogP contribution is 2.26. The second kappa shape index (κ2) is 6.88. The van der Waals surface area contributed by atoms with Gasteiger partial charge in [0.25, 0.3) is 0 Å². The van der Waals surface area contributed by atoms with Crippen LogP contribution < -0.4 is 10.5 Å². The fraction of sp³-hybridized carbons (Fsp3) is 0.235. The number of aliphatic hydroxyl groups is 1. The van der Waals surface area contributed by atoms with E-state index in [0.717, 1.165) is 22.4 Å². The summed E-state index contributed by atoms with van der Waals surface area (Å²) in [6.07, 6.45) is 0.512. The van der Waals surface area contributed by atoms with E-state index in [-0.39, 0.29) is 11.9 Å². The van der Waals surface area contributed by atoms with Gasteiger partial charge in [-0.05, 0) is 41.8 Å². The first-order valence-corrected chi connectivity index (χ1v) is 8.41. The zero-order chi connectivity index (χ0) is 18.0. The van der Waals surface area contributed by atoms with E-state index >= 15 is 0 Å². The van der Waals surface area contributed by atoms with E-state index in [1.807, 2.05) is 59.9 Å². The summed E-state index contributed by atoms with van der Waals surface area (Å²) in [6.45, 7) is 0.470. The summed E-state index contributed by atoms with van der Waals surface area (Å²) >= 11 is 0. The molecule has 126 valence electrons. The lowest BCUT2D eigenvalue weighted by molar-refractivity contribution is 0.278. The lowest BCUT2D eigenvalue weighted by atomic mass is 9.52. The SMILES string of the molecule is BC(B)(B)Oc1ccc(-c2ccc3oc(=O)n(CCCO)c3c2)cc1. The minimum absolute atomic E-state index is 0.0358. The van der Waals surface area contributed by atoms with Crippen molar-refractivity contribution in [2.75, 3.05) is 6.61 Å². The highest BCUT2D eigenvalue weighted by molar-refractivity contribution is 6.58. The Morgan fingerprint density at radius 2 is 1.76 bits per heavy atom. The van der Waals surface area contributed by atoms with Gasteiger partial charge in [0, 0.05) is 18.5 Å². The topological polar surface area (TPSA) is 64.6 Å². The zero-order valence-electron chi connectivity index (χ0n) is 14.8. The Bertz CT molecular complexity index is 926. The molecule has 0 radical (unpaired) electrons. The third kappa shape index (κ3) is 4.02. The summed E-state index contributed by atoms with van der Waals surface area (Å²) in [5, 5.41) is 8.77. The largest absolute Gasteiger partial charge is 0.514 e. The van der Waals surface area contributed by atoms with Crippen LogP contribution in [0, 0.1) is 0 Å². The second-order valence-electron chi connectivity index (χ2n) is 7.02. The maximum atomic E-state index is 12.0. The molecule has 0 amide bonds. The Labute approximate surface area is 148 Å². The van der Waals surface area contributed by atoms with Crippen molar-refractivity contribution in [1.82, 2.24) is 4.57 Å². The average molecular weight is 335 g/mol. The van der Waals surface area contributed by atoms with Gasteiger partial charge >= 0.3 is 5.76 Å². The van der Waals surface area contributed by atoms with E-state index < -0.39 is 5.76 Å². The Balaban J connectivity index is 1.94. The number of fused-ring (bicyclic) bond motifs is 1. The molecule has 1 heterocycles. The zero-order valence-corrected chi connectivity index (χ0v) is 14.8. The van der Waals surface area contributed by atoms with Crippen LogP contribution >= 0.6 is 0 Å². The van der Waals surface area contributed by atoms with Gasteiger partial charge < -0.3 is 14.3 Å². The Morgan fingerprint density at radius 3 is 2.40 bits per heavy atom. The van der Waals surface area contributed by atoms with Crippen LogP contribution in [-0.4, -0.2) is 45.1 Å². The fourth-order valence-electron chi connectivity index (χ4n) is 2.75. The Kier molecular flexibility index (Phi) is 4.81. The highest BCUT2D eigenvalue weighted by Gasteiger charge is 2.13. The summed E-state index contributed by atoms with van der Waals surface area (Å²) in [4.78, 5) is 12.0. The predicted molar refractivity (Wildman–Crippen MR) is 107 cm³/mol. The number of ether oxygens (including phenoxy) is 1. The van der Waals surface area contributed by atoms with Crippen molar-refractivity contribution in [1.29, 1.82) is 0 Å². The first-order chi connectivity index (χ1) is 11.9. The molecular weight excluding hydrogens is 315 g/mol.